The number of hydrogen-bond donors (Lipinski definition) is 3. The van der Waals surface area contributed by atoms with Crippen molar-refractivity contribution in [2.24, 2.45) is 10.9 Å². The molecule has 0 saturated heterocycles. The van der Waals surface area contributed by atoms with Crippen LogP contribution >= 0.6 is 0 Å². The van der Waals surface area contributed by atoms with Gasteiger partial charge < -0.3 is 16.3 Å². The Morgan fingerprint density at radius 3 is 2.83 bits per heavy atom. The van der Waals surface area contributed by atoms with E-state index >= 15 is 0 Å². The molecule has 0 heterocycles. The van der Waals surface area contributed by atoms with Crippen LogP contribution in [0.2, 0.25) is 0 Å². The van der Waals surface area contributed by atoms with E-state index < -0.39 is 0 Å². The first-order chi connectivity index (χ1) is 8.58. The van der Waals surface area contributed by atoms with E-state index in [0.29, 0.717) is 23.7 Å². The number of rotatable bonds is 6. The van der Waals surface area contributed by atoms with Gasteiger partial charge in [-0.3, -0.25) is 0 Å². The largest absolute Gasteiger partial charge is 0.409 e. The van der Waals surface area contributed by atoms with E-state index in [1.807, 2.05) is 0 Å². The zero-order valence-electron chi connectivity index (χ0n) is 10.8. The molecule has 0 aliphatic carbocycles. The average Bonchev–Trinajstić information content (AvgIpc) is 2.36. The molecule has 0 aromatic heterocycles. The summed E-state index contributed by atoms with van der Waals surface area (Å²) in [6.07, 6.45) is 2.16. The smallest absolute Gasteiger partial charge is 0.170 e. The quantitative estimate of drug-likeness (QED) is 0.315. The number of benzene rings is 1. The topological polar surface area (TPSA) is 70.6 Å². The molecule has 18 heavy (non-hydrogen) atoms. The molecule has 0 amide bonds. The molecule has 1 aromatic rings. The highest BCUT2D eigenvalue weighted by Crippen LogP contribution is 2.11. The normalized spacial score (nSPS) is 13.6. The maximum atomic E-state index is 13.8. The fourth-order valence-corrected chi connectivity index (χ4v) is 1.73. The Bertz CT molecular complexity index is 421. The molecule has 0 aliphatic rings. The van der Waals surface area contributed by atoms with Crippen LogP contribution in [0.25, 0.3) is 0 Å². The summed E-state index contributed by atoms with van der Waals surface area (Å²) in [6.45, 7) is 4.67. The van der Waals surface area contributed by atoms with E-state index in [-0.39, 0.29) is 11.7 Å². The van der Waals surface area contributed by atoms with Gasteiger partial charge in [0.05, 0.1) is 0 Å². The summed E-state index contributed by atoms with van der Waals surface area (Å²) in [5.41, 5.74) is 6.34. The Kier molecular flexibility index (Phi) is 5.58. The maximum absolute atomic E-state index is 13.8. The number of nitrogens with one attached hydrogen (secondary N) is 1. The monoisotopic (exact) mass is 253 g/mol. The SMILES string of the molecule is CCCC(C)NCc1ccc(/C(N)=N/O)cc1F. The molecule has 1 aromatic carbocycles. The summed E-state index contributed by atoms with van der Waals surface area (Å²) in [5, 5.41) is 14.6. The number of oxime groups is 1. The van der Waals surface area contributed by atoms with Gasteiger partial charge in [0.25, 0.3) is 0 Å². The Balaban J connectivity index is 2.68. The summed E-state index contributed by atoms with van der Waals surface area (Å²) in [6, 6.07) is 4.92. The van der Waals surface area contributed by atoms with Crippen LogP contribution in [-0.4, -0.2) is 17.1 Å². The number of halogens is 1. The Labute approximate surface area is 107 Å². The van der Waals surface area contributed by atoms with Crippen LogP contribution in [-0.2, 0) is 6.54 Å². The van der Waals surface area contributed by atoms with Gasteiger partial charge in [0.1, 0.15) is 5.82 Å². The first-order valence-corrected chi connectivity index (χ1v) is 6.08. The van der Waals surface area contributed by atoms with Gasteiger partial charge in [-0.1, -0.05) is 30.6 Å². The van der Waals surface area contributed by atoms with Gasteiger partial charge in [0, 0.05) is 23.7 Å². The first-order valence-electron chi connectivity index (χ1n) is 6.08. The predicted molar refractivity (Wildman–Crippen MR) is 70.1 cm³/mol. The highest BCUT2D eigenvalue weighted by atomic mass is 19.1. The molecule has 0 aliphatic heterocycles. The third-order valence-electron chi connectivity index (χ3n) is 2.82. The third kappa shape index (κ3) is 4.00. The summed E-state index contributed by atoms with van der Waals surface area (Å²) < 4.78 is 13.8. The molecule has 4 N–H and O–H groups in total. The standard InChI is InChI=1S/C13H20FN3O/c1-3-4-9(2)16-8-11-6-5-10(7-12(11)14)13(15)17-18/h5-7,9,16,18H,3-4,8H2,1-2H3,(H2,15,17). The number of nitrogens with zero attached hydrogens (tertiary/aromatic N) is 1. The van der Waals surface area contributed by atoms with Crippen molar-refractivity contribution in [1.82, 2.24) is 5.32 Å². The van der Waals surface area contributed by atoms with Gasteiger partial charge >= 0.3 is 0 Å². The minimum Gasteiger partial charge on any atom is -0.409 e. The second kappa shape index (κ2) is 6.96. The molecular formula is C13H20FN3O. The molecule has 0 spiro atoms. The van der Waals surface area contributed by atoms with E-state index in [2.05, 4.69) is 24.3 Å². The first kappa shape index (κ1) is 14.4. The molecule has 1 rings (SSSR count). The number of nitrogens with two attached hydrogens (primary N) is 1. The van der Waals surface area contributed by atoms with Crippen LogP contribution in [0, 0.1) is 5.82 Å². The lowest BCUT2D eigenvalue weighted by molar-refractivity contribution is 0.318. The van der Waals surface area contributed by atoms with Gasteiger partial charge in [-0.15, -0.1) is 0 Å². The van der Waals surface area contributed by atoms with Crippen molar-refractivity contribution in [2.45, 2.75) is 39.3 Å². The van der Waals surface area contributed by atoms with Gasteiger partial charge in [0.15, 0.2) is 5.84 Å². The summed E-state index contributed by atoms with van der Waals surface area (Å²) >= 11 is 0. The zero-order chi connectivity index (χ0) is 13.5. The summed E-state index contributed by atoms with van der Waals surface area (Å²) in [5.74, 6) is -0.442. The summed E-state index contributed by atoms with van der Waals surface area (Å²) in [4.78, 5) is 0. The third-order valence-corrected chi connectivity index (χ3v) is 2.82. The van der Waals surface area contributed by atoms with Gasteiger partial charge in [-0.25, -0.2) is 4.39 Å². The Morgan fingerprint density at radius 2 is 2.28 bits per heavy atom. The minimum absolute atomic E-state index is 0.0900. The van der Waals surface area contributed by atoms with E-state index in [1.165, 1.54) is 6.07 Å². The van der Waals surface area contributed by atoms with E-state index in [1.54, 1.807) is 12.1 Å². The predicted octanol–water partition coefficient (Wildman–Crippen LogP) is 2.20. The Morgan fingerprint density at radius 1 is 1.56 bits per heavy atom. The van der Waals surface area contributed by atoms with Crippen LogP contribution in [0.4, 0.5) is 4.39 Å². The van der Waals surface area contributed by atoms with Crippen molar-refractivity contribution in [2.75, 3.05) is 0 Å². The van der Waals surface area contributed by atoms with Gasteiger partial charge in [-0.05, 0) is 19.4 Å². The average molecular weight is 253 g/mol. The molecule has 5 heteroatoms. The van der Waals surface area contributed by atoms with Crippen LogP contribution in [0.1, 0.15) is 37.8 Å². The molecule has 100 valence electrons. The van der Waals surface area contributed by atoms with Crippen molar-refractivity contribution in [1.29, 1.82) is 0 Å². The second-order valence-corrected chi connectivity index (χ2v) is 4.36. The van der Waals surface area contributed by atoms with Crippen molar-refractivity contribution in [3.05, 3.63) is 35.1 Å². The van der Waals surface area contributed by atoms with Crippen LogP contribution < -0.4 is 11.1 Å². The highest BCUT2D eigenvalue weighted by Gasteiger charge is 2.07. The van der Waals surface area contributed by atoms with Crippen molar-refractivity contribution in [3.63, 3.8) is 0 Å². The van der Waals surface area contributed by atoms with E-state index in [0.717, 1.165) is 12.8 Å². The minimum atomic E-state index is -0.352. The molecule has 0 bridgehead atoms. The molecular weight excluding hydrogens is 233 g/mol. The number of hydrogen-bond acceptors (Lipinski definition) is 3. The lowest BCUT2D eigenvalue weighted by Gasteiger charge is -2.13. The van der Waals surface area contributed by atoms with Gasteiger partial charge in [-0.2, -0.15) is 0 Å². The molecule has 4 nitrogen and oxygen atoms in total. The molecule has 1 unspecified atom stereocenters. The highest BCUT2D eigenvalue weighted by molar-refractivity contribution is 5.97. The van der Waals surface area contributed by atoms with Gasteiger partial charge in [0.2, 0.25) is 0 Å². The molecule has 0 fully saturated rings. The van der Waals surface area contributed by atoms with E-state index in [9.17, 15) is 4.39 Å². The van der Waals surface area contributed by atoms with Crippen molar-refractivity contribution in [3.8, 4) is 0 Å². The van der Waals surface area contributed by atoms with Crippen LogP contribution in [0.15, 0.2) is 23.4 Å². The molecule has 1 atom stereocenters. The fourth-order valence-electron chi connectivity index (χ4n) is 1.73. The molecule has 0 radical (unpaired) electrons. The maximum Gasteiger partial charge on any atom is 0.170 e. The van der Waals surface area contributed by atoms with E-state index in [4.69, 9.17) is 10.9 Å². The molecule has 0 saturated carbocycles. The zero-order valence-corrected chi connectivity index (χ0v) is 10.8. The van der Waals surface area contributed by atoms with Crippen LogP contribution in [0.3, 0.4) is 0 Å². The fraction of sp³-hybridized carbons (Fsp3) is 0.462. The number of amidine groups is 1. The Hall–Kier alpha value is -1.62. The van der Waals surface area contributed by atoms with Crippen molar-refractivity contribution >= 4 is 5.84 Å². The van der Waals surface area contributed by atoms with Crippen LogP contribution in [0.5, 0.6) is 0 Å². The van der Waals surface area contributed by atoms with Crippen molar-refractivity contribution < 1.29 is 9.60 Å². The summed E-state index contributed by atoms with van der Waals surface area (Å²) in [7, 11) is 0. The lowest BCUT2D eigenvalue weighted by Crippen LogP contribution is -2.25. The second-order valence-electron chi connectivity index (χ2n) is 4.36. The lowest BCUT2D eigenvalue weighted by atomic mass is 10.1.